The molecule has 1 aromatic carbocycles. The summed E-state index contributed by atoms with van der Waals surface area (Å²) in [5, 5.41) is 8.79. The molecule has 0 aliphatic carbocycles. The minimum absolute atomic E-state index is 0.128. The Morgan fingerprint density at radius 3 is 2.89 bits per heavy atom. The fourth-order valence-electron chi connectivity index (χ4n) is 1.55. The average molecular weight is 306 g/mol. The highest BCUT2D eigenvalue weighted by Crippen LogP contribution is 2.05. The number of benzene rings is 1. The van der Waals surface area contributed by atoms with Crippen LogP contribution in [0.1, 0.15) is 11.1 Å². The number of aromatic nitrogens is 2. The normalized spacial score (nSPS) is 10.0. The van der Waals surface area contributed by atoms with Crippen molar-refractivity contribution in [2.75, 3.05) is 0 Å². The lowest BCUT2D eigenvalue weighted by atomic mass is 10.1. The molecule has 0 saturated carbocycles. The van der Waals surface area contributed by atoms with E-state index in [1.807, 2.05) is 6.07 Å². The molecule has 0 bridgehead atoms. The lowest BCUT2D eigenvalue weighted by molar-refractivity contribution is 0.694. The van der Waals surface area contributed by atoms with Crippen LogP contribution in [-0.2, 0) is 6.54 Å². The van der Waals surface area contributed by atoms with Crippen LogP contribution in [0.4, 0.5) is 0 Å². The first-order chi connectivity index (χ1) is 8.61. The van der Waals surface area contributed by atoms with Crippen LogP contribution in [0.3, 0.4) is 0 Å². The number of aromatic amines is 1. The average Bonchev–Trinajstić information content (AvgIpc) is 2.39. The van der Waals surface area contributed by atoms with Gasteiger partial charge in [-0.15, -0.1) is 0 Å². The van der Waals surface area contributed by atoms with E-state index in [1.54, 1.807) is 24.3 Å². The Morgan fingerprint density at radius 2 is 2.17 bits per heavy atom. The van der Waals surface area contributed by atoms with E-state index in [1.165, 1.54) is 6.20 Å². The number of hydrogen-bond acceptors (Lipinski definition) is 3. The summed E-state index contributed by atoms with van der Waals surface area (Å²) in [5.41, 5.74) is 0.332. The van der Waals surface area contributed by atoms with Crippen LogP contribution in [0.5, 0.6) is 0 Å². The summed E-state index contributed by atoms with van der Waals surface area (Å²) in [6, 6.07) is 8.79. The molecule has 1 aromatic heterocycles. The van der Waals surface area contributed by atoms with Crippen molar-refractivity contribution >= 4 is 15.9 Å². The van der Waals surface area contributed by atoms with Gasteiger partial charge in [0.2, 0.25) is 0 Å². The van der Waals surface area contributed by atoms with Crippen molar-refractivity contribution in [3.05, 3.63) is 66.9 Å². The predicted octanol–water partition coefficient (Wildman–Crippen LogP) is 1.22. The van der Waals surface area contributed by atoms with Gasteiger partial charge in [-0.3, -0.25) is 9.36 Å². The molecule has 0 atom stereocenters. The summed E-state index contributed by atoms with van der Waals surface area (Å²) < 4.78 is 1.36. The molecule has 90 valence electrons. The SMILES string of the molecule is N#Cc1cccc(Cn2c(=O)[nH]cc(Br)c2=O)c1. The molecule has 0 aliphatic heterocycles. The van der Waals surface area contributed by atoms with Gasteiger partial charge >= 0.3 is 5.69 Å². The van der Waals surface area contributed by atoms with Crippen molar-refractivity contribution < 1.29 is 0 Å². The first-order valence-corrected chi connectivity index (χ1v) is 5.88. The van der Waals surface area contributed by atoms with Gasteiger partial charge < -0.3 is 4.98 Å². The lowest BCUT2D eigenvalue weighted by Crippen LogP contribution is -2.35. The number of nitrogens with one attached hydrogen (secondary N) is 1. The largest absolute Gasteiger partial charge is 0.328 e. The van der Waals surface area contributed by atoms with Crippen LogP contribution in [0, 0.1) is 11.3 Å². The topological polar surface area (TPSA) is 78.7 Å². The second-order valence-electron chi connectivity index (χ2n) is 3.65. The zero-order valence-corrected chi connectivity index (χ0v) is 10.8. The van der Waals surface area contributed by atoms with Crippen LogP contribution in [0.25, 0.3) is 0 Å². The van der Waals surface area contributed by atoms with E-state index in [0.717, 1.165) is 10.1 Å². The van der Waals surface area contributed by atoms with Crippen LogP contribution in [-0.4, -0.2) is 9.55 Å². The minimum atomic E-state index is -0.481. The summed E-state index contributed by atoms with van der Waals surface area (Å²) in [7, 11) is 0. The van der Waals surface area contributed by atoms with Gasteiger partial charge in [0.25, 0.3) is 5.56 Å². The van der Waals surface area contributed by atoms with Crippen LogP contribution in [0.15, 0.2) is 44.5 Å². The molecule has 0 saturated heterocycles. The van der Waals surface area contributed by atoms with E-state index in [2.05, 4.69) is 20.9 Å². The van der Waals surface area contributed by atoms with E-state index in [9.17, 15) is 9.59 Å². The van der Waals surface area contributed by atoms with E-state index in [-0.39, 0.29) is 6.54 Å². The molecule has 6 heteroatoms. The molecular formula is C12H8BrN3O2. The Balaban J connectivity index is 2.47. The van der Waals surface area contributed by atoms with E-state index < -0.39 is 11.2 Å². The van der Waals surface area contributed by atoms with Gasteiger partial charge in [0.1, 0.15) is 0 Å². The molecule has 1 N–H and O–H groups in total. The summed E-state index contributed by atoms with van der Waals surface area (Å²) in [5.74, 6) is 0. The van der Waals surface area contributed by atoms with Gasteiger partial charge in [-0.1, -0.05) is 12.1 Å². The Kier molecular flexibility index (Phi) is 3.44. The van der Waals surface area contributed by atoms with Crippen LogP contribution < -0.4 is 11.2 Å². The first-order valence-electron chi connectivity index (χ1n) is 5.09. The van der Waals surface area contributed by atoms with Gasteiger partial charge in [0.05, 0.1) is 22.7 Å². The van der Waals surface area contributed by atoms with Crippen molar-refractivity contribution in [2.45, 2.75) is 6.54 Å². The fraction of sp³-hybridized carbons (Fsp3) is 0.0833. The predicted molar refractivity (Wildman–Crippen MR) is 69.3 cm³/mol. The van der Waals surface area contributed by atoms with Crippen LogP contribution >= 0.6 is 15.9 Å². The number of rotatable bonds is 2. The fourth-order valence-corrected chi connectivity index (χ4v) is 1.88. The molecule has 0 radical (unpaired) electrons. The Bertz CT molecular complexity index is 740. The van der Waals surface area contributed by atoms with Crippen molar-refractivity contribution in [1.29, 1.82) is 5.26 Å². The minimum Gasteiger partial charge on any atom is -0.313 e. The van der Waals surface area contributed by atoms with Gasteiger partial charge in [-0.25, -0.2) is 4.79 Å². The van der Waals surface area contributed by atoms with Gasteiger partial charge in [0.15, 0.2) is 0 Å². The Morgan fingerprint density at radius 1 is 1.39 bits per heavy atom. The van der Waals surface area contributed by atoms with E-state index in [4.69, 9.17) is 5.26 Å². The second-order valence-corrected chi connectivity index (χ2v) is 4.50. The second kappa shape index (κ2) is 5.02. The summed E-state index contributed by atoms with van der Waals surface area (Å²) in [6.07, 6.45) is 1.31. The van der Waals surface area contributed by atoms with Gasteiger partial charge in [-0.2, -0.15) is 5.26 Å². The van der Waals surface area contributed by atoms with Crippen molar-refractivity contribution in [1.82, 2.24) is 9.55 Å². The molecule has 0 amide bonds. The number of nitriles is 1. The van der Waals surface area contributed by atoms with Gasteiger partial charge in [0, 0.05) is 6.20 Å². The molecule has 0 aliphatic rings. The van der Waals surface area contributed by atoms with Gasteiger partial charge in [-0.05, 0) is 33.6 Å². The van der Waals surface area contributed by atoms with Crippen molar-refractivity contribution in [2.24, 2.45) is 0 Å². The molecule has 5 nitrogen and oxygen atoms in total. The van der Waals surface area contributed by atoms with E-state index >= 15 is 0 Å². The molecule has 18 heavy (non-hydrogen) atoms. The Hall–Kier alpha value is -2.13. The monoisotopic (exact) mass is 305 g/mol. The first kappa shape index (κ1) is 12.3. The maximum absolute atomic E-state index is 11.8. The van der Waals surface area contributed by atoms with E-state index in [0.29, 0.717) is 10.0 Å². The van der Waals surface area contributed by atoms with Crippen molar-refractivity contribution in [3.8, 4) is 6.07 Å². The number of H-pyrrole nitrogens is 1. The smallest absolute Gasteiger partial charge is 0.313 e. The molecule has 0 fully saturated rings. The molecular weight excluding hydrogens is 298 g/mol. The maximum Gasteiger partial charge on any atom is 0.328 e. The highest BCUT2D eigenvalue weighted by Gasteiger charge is 2.06. The van der Waals surface area contributed by atoms with Crippen LogP contribution in [0.2, 0.25) is 0 Å². The summed E-state index contributed by atoms with van der Waals surface area (Å²) in [6.45, 7) is 0.128. The summed E-state index contributed by atoms with van der Waals surface area (Å²) >= 11 is 3.07. The zero-order chi connectivity index (χ0) is 13.1. The summed E-state index contributed by atoms with van der Waals surface area (Å²) in [4.78, 5) is 25.8. The lowest BCUT2D eigenvalue weighted by Gasteiger charge is -2.05. The molecule has 1 heterocycles. The zero-order valence-electron chi connectivity index (χ0n) is 9.18. The van der Waals surface area contributed by atoms with Crippen molar-refractivity contribution in [3.63, 3.8) is 0 Å². The number of halogens is 1. The quantitative estimate of drug-likeness (QED) is 0.906. The number of hydrogen-bond donors (Lipinski definition) is 1. The standard InChI is InChI=1S/C12H8BrN3O2/c13-10-6-15-12(18)16(11(10)17)7-9-3-1-2-8(4-9)5-14/h1-4,6H,7H2,(H,15,18). The molecule has 0 spiro atoms. The molecule has 2 aromatic rings. The maximum atomic E-state index is 11.8. The highest BCUT2D eigenvalue weighted by molar-refractivity contribution is 9.10. The molecule has 2 rings (SSSR count). The number of nitrogens with zero attached hydrogens (tertiary/aromatic N) is 2. The third-order valence-electron chi connectivity index (χ3n) is 2.41. The highest BCUT2D eigenvalue weighted by atomic mass is 79.9. The Labute approximate surface area is 110 Å². The third kappa shape index (κ3) is 2.41. The third-order valence-corrected chi connectivity index (χ3v) is 2.98. The molecule has 0 unspecified atom stereocenters.